The lowest BCUT2D eigenvalue weighted by atomic mass is 9.88. The van der Waals surface area contributed by atoms with E-state index in [1.165, 1.54) is 25.0 Å². The molecule has 2 heterocycles. The SMILES string of the molecule is O=C(NCC[C@@H]1CC[C@@H](NC(=O)C2CCCCC2)[C@@H](CO)O1)c1cnccn1. The van der Waals surface area contributed by atoms with E-state index in [0.717, 1.165) is 38.5 Å². The fourth-order valence-corrected chi connectivity index (χ4v) is 4.03. The van der Waals surface area contributed by atoms with Gasteiger partial charge in [-0.2, -0.15) is 0 Å². The number of hydrogen-bond donors (Lipinski definition) is 3. The van der Waals surface area contributed by atoms with Gasteiger partial charge in [0.1, 0.15) is 11.8 Å². The summed E-state index contributed by atoms with van der Waals surface area (Å²) < 4.78 is 5.98. The first-order chi connectivity index (χ1) is 13.7. The summed E-state index contributed by atoms with van der Waals surface area (Å²) >= 11 is 0. The van der Waals surface area contributed by atoms with E-state index in [9.17, 15) is 14.7 Å². The Balaban J connectivity index is 1.41. The topological polar surface area (TPSA) is 113 Å². The minimum absolute atomic E-state index is 0.0536. The second-order valence-electron chi connectivity index (χ2n) is 7.64. The Bertz CT molecular complexity index is 636. The molecule has 28 heavy (non-hydrogen) atoms. The lowest BCUT2D eigenvalue weighted by Gasteiger charge is -2.37. The molecule has 1 aliphatic heterocycles. The van der Waals surface area contributed by atoms with Crippen LogP contribution in [-0.2, 0) is 9.53 Å². The summed E-state index contributed by atoms with van der Waals surface area (Å²) in [6.07, 6.45) is 11.5. The summed E-state index contributed by atoms with van der Waals surface area (Å²) in [5.74, 6) is -0.0659. The Morgan fingerprint density at radius 1 is 1.14 bits per heavy atom. The Hall–Kier alpha value is -2.06. The minimum Gasteiger partial charge on any atom is -0.394 e. The van der Waals surface area contributed by atoms with E-state index in [1.54, 1.807) is 0 Å². The molecule has 1 saturated heterocycles. The van der Waals surface area contributed by atoms with Crippen molar-refractivity contribution in [2.75, 3.05) is 13.2 Å². The highest BCUT2D eigenvalue weighted by atomic mass is 16.5. The van der Waals surface area contributed by atoms with E-state index in [4.69, 9.17) is 4.74 Å². The first-order valence-corrected chi connectivity index (χ1v) is 10.3. The van der Waals surface area contributed by atoms with Crippen LogP contribution in [0.1, 0.15) is 61.9 Å². The van der Waals surface area contributed by atoms with E-state index in [1.807, 2.05) is 0 Å². The van der Waals surface area contributed by atoms with E-state index in [2.05, 4.69) is 20.6 Å². The molecule has 3 rings (SSSR count). The van der Waals surface area contributed by atoms with Crippen LogP contribution in [0.15, 0.2) is 18.6 Å². The van der Waals surface area contributed by atoms with Crippen molar-refractivity contribution >= 4 is 11.8 Å². The highest BCUT2D eigenvalue weighted by Gasteiger charge is 2.33. The van der Waals surface area contributed by atoms with Gasteiger partial charge in [0.25, 0.3) is 5.91 Å². The Morgan fingerprint density at radius 2 is 1.96 bits per heavy atom. The summed E-state index contributed by atoms with van der Waals surface area (Å²) in [7, 11) is 0. The van der Waals surface area contributed by atoms with Gasteiger partial charge in [-0.3, -0.25) is 14.6 Å². The minimum atomic E-state index is -0.401. The van der Waals surface area contributed by atoms with Gasteiger partial charge in [0, 0.05) is 24.9 Å². The average Bonchev–Trinajstić information content (AvgIpc) is 2.75. The van der Waals surface area contributed by atoms with Crippen LogP contribution >= 0.6 is 0 Å². The Morgan fingerprint density at radius 3 is 2.68 bits per heavy atom. The van der Waals surface area contributed by atoms with Crippen molar-refractivity contribution in [3.05, 3.63) is 24.3 Å². The van der Waals surface area contributed by atoms with Crippen molar-refractivity contribution < 1.29 is 19.4 Å². The number of aliphatic hydroxyl groups is 1. The standard InChI is InChI=1S/C20H30N4O4/c25-13-18-16(24-19(26)14-4-2-1-3-5-14)7-6-15(28-18)8-9-23-20(27)17-12-21-10-11-22-17/h10-12,14-16,18,25H,1-9,13H2,(H,23,27)(H,24,26)/t15-,16+,18+/m0/s1. The molecule has 2 amide bonds. The maximum atomic E-state index is 12.5. The lowest BCUT2D eigenvalue weighted by molar-refractivity contribution is -0.132. The molecule has 3 atom stereocenters. The molecule has 3 N–H and O–H groups in total. The summed E-state index contributed by atoms with van der Waals surface area (Å²) in [5.41, 5.74) is 0.283. The molecule has 0 unspecified atom stereocenters. The lowest BCUT2D eigenvalue weighted by Crippen LogP contribution is -2.52. The van der Waals surface area contributed by atoms with Crippen molar-refractivity contribution in [3.63, 3.8) is 0 Å². The maximum absolute atomic E-state index is 12.5. The fraction of sp³-hybridized carbons (Fsp3) is 0.700. The summed E-state index contributed by atoms with van der Waals surface area (Å²) in [6.45, 7) is 0.329. The molecular formula is C20H30N4O4. The van der Waals surface area contributed by atoms with Gasteiger partial charge >= 0.3 is 0 Å². The normalized spacial score (nSPS) is 25.8. The Kier molecular flexibility index (Phi) is 7.73. The van der Waals surface area contributed by atoms with Crippen molar-refractivity contribution in [1.29, 1.82) is 0 Å². The molecule has 1 saturated carbocycles. The first-order valence-electron chi connectivity index (χ1n) is 10.3. The number of nitrogens with zero attached hydrogens (tertiary/aromatic N) is 2. The summed E-state index contributed by atoms with van der Waals surface area (Å²) in [4.78, 5) is 32.3. The van der Waals surface area contributed by atoms with Crippen LogP contribution in [0.3, 0.4) is 0 Å². The third-order valence-electron chi connectivity index (χ3n) is 5.65. The average molecular weight is 390 g/mol. The zero-order chi connectivity index (χ0) is 19.8. The van der Waals surface area contributed by atoms with Crippen molar-refractivity contribution in [2.45, 2.75) is 69.6 Å². The third-order valence-corrected chi connectivity index (χ3v) is 5.65. The smallest absolute Gasteiger partial charge is 0.271 e. The predicted molar refractivity (Wildman–Crippen MR) is 102 cm³/mol. The van der Waals surface area contributed by atoms with E-state index in [0.29, 0.717) is 13.0 Å². The number of carbonyl (C=O) groups excluding carboxylic acids is 2. The molecule has 0 bridgehead atoms. The molecule has 1 aromatic heterocycles. The molecule has 2 aliphatic rings. The van der Waals surface area contributed by atoms with Crippen LogP contribution in [0.2, 0.25) is 0 Å². The first kappa shape index (κ1) is 20.7. The number of amides is 2. The molecule has 0 radical (unpaired) electrons. The van der Waals surface area contributed by atoms with Gasteiger partial charge in [0.2, 0.25) is 5.91 Å². The van der Waals surface area contributed by atoms with Crippen LogP contribution in [-0.4, -0.2) is 58.3 Å². The number of hydrogen-bond acceptors (Lipinski definition) is 6. The fourth-order valence-electron chi connectivity index (χ4n) is 4.03. The number of nitrogens with one attached hydrogen (secondary N) is 2. The monoisotopic (exact) mass is 390 g/mol. The number of aliphatic hydroxyl groups excluding tert-OH is 1. The molecule has 1 aromatic rings. The predicted octanol–water partition coefficient (Wildman–Crippen LogP) is 1.20. The largest absolute Gasteiger partial charge is 0.394 e. The van der Waals surface area contributed by atoms with Crippen LogP contribution < -0.4 is 10.6 Å². The molecule has 154 valence electrons. The van der Waals surface area contributed by atoms with Crippen LogP contribution in [0.25, 0.3) is 0 Å². The quantitative estimate of drug-likeness (QED) is 0.645. The van der Waals surface area contributed by atoms with Crippen molar-refractivity contribution in [1.82, 2.24) is 20.6 Å². The molecule has 8 nitrogen and oxygen atoms in total. The van der Waals surface area contributed by atoms with Gasteiger partial charge in [-0.05, 0) is 32.1 Å². The molecule has 2 fully saturated rings. The van der Waals surface area contributed by atoms with Gasteiger partial charge in [-0.15, -0.1) is 0 Å². The van der Waals surface area contributed by atoms with Gasteiger partial charge in [0.05, 0.1) is 24.9 Å². The van der Waals surface area contributed by atoms with E-state index in [-0.39, 0.29) is 42.2 Å². The van der Waals surface area contributed by atoms with Gasteiger partial charge < -0.3 is 20.5 Å². The van der Waals surface area contributed by atoms with E-state index >= 15 is 0 Å². The van der Waals surface area contributed by atoms with Crippen molar-refractivity contribution in [3.8, 4) is 0 Å². The Labute approximate surface area is 165 Å². The third kappa shape index (κ3) is 5.72. The van der Waals surface area contributed by atoms with Crippen molar-refractivity contribution in [2.24, 2.45) is 5.92 Å². The van der Waals surface area contributed by atoms with Gasteiger partial charge in [-0.25, -0.2) is 4.98 Å². The van der Waals surface area contributed by atoms with Gasteiger partial charge in [0.15, 0.2) is 0 Å². The highest BCUT2D eigenvalue weighted by Crippen LogP contribution is 2.26. The summed E-state index contributed by atoms with van der Waals surface area (Å²) in [6, 6.07) is -0.148. The highest BCUT2D eigenvalue weighted by molar-refractivity contribution is 5.91. The van der Waals surface area contributed by atoms with Crippen LogP contribution in [0.4, 0.5) is 0 Å². The number of ether oxygens (including phenoxy) is 1. The van der Waals surface area contributed by atoms with Crippen LogP contribution in [0, 0.1) is 5.92 Å². The molecule has 1 aliphatic carbocycles. The molecular weight excluding hydrogens is 360 g/mol. The number of aromatic nitrogens is 2. The van der Waals surface area contributed by atoms with Crippen LogP contribution in [0.5, 0.6) is 0 Å². The number of carbonyl (C=O) groups is 2. The van der Waals surface area contributed by atoms with E-state index < -0.39 is 6.10 Å². The second-order valence-corrected chi connectivity index (χ2v) is 7.64. The van der Waals surface area contributed by atoms with Gasteiger partial charge in [-0.1, -0.05) is 19.3 Å². The molecule has 0 spiro atoms. The summed E-state index contributed by atoms with van der Waals surface area (Å²) in [5, 5.41) is 15.6. The zero-order valence-electron chi connectivity index (χ0n) is 16.2. The zero-order valence-corrected chi connectivity index (χ0v) is 16.2. The molecule has 8 heteroatoms. The second kappa shape index (κ2) is 10.5. The molecule has 0 aromatic carbocycles. The number of rotatable bonds is 7. The maximum Gasteiger partial charge on any atom is 0.271 e.